The third kappa shape index (κ3) is 11.0. The monoisotopic (exact) mass is 708 g/mol. The standard InChI is InChI=1S/C27H29O4.3C4H9.Sn/c1-4-10-22(11-5-1)18-28-21-26-27(31-20-24-14-8-3-9-15-24)25(16-17-29-26)30-19-23-12-6-2-7-13-23;3*1-3-4-2;/h1-15,17,25-27H,16,18-21H2;3*1,3-4H2,2H3;/t25-,26?,27+;;;;/m1..../s1. The second-order valence-corrected chi connectivity index (χ2v) is 26.6. The summed E-state index contributed by atoms with van der Waals surface area (Å²) in [6, 6.07) is 31.5. The Morgan fingerprint density at radius 1 is 0.614 bits per heavy atom. The molecule has 1 heterocycles. The van der Waals surface area contributed by atoms with Gasteiger partial charge in [0.25, 0.3) is 0 Å². The quantitative estimate of drug-likeness (QED) is 0.110. The Labute approximate surface area is 271 Å². The number of rotatable bonds is 20. The van der Waals surface area contributed by atoms with E-state index in [1.54, 1.807) is 0 Å². The molecule has 5 heteroatoms. The van der Waals surface area contributed by atoms with Crippen molar-refractivity contribution in [2.45, 2.75) is 121 Å². The van der Waals surface area contributed by atoms with Crippen LogP contribution in [0.5, 0.6) is 0 Å². The Balaban J connectivity index is 1.63. The Morgan fingerprint density at radius 3 is 1.55 bits per heavy atom. The molecular formula is C39H56O4Sn. The number of hydrogen-bond donors (Lipinski definition) is 0. The summed E-state index contributed by atoms with van der Waals surface area (Å²) >= 11 is -2.77. The Kier molecular flexibility index (Phi) is 15.8. The van der Waals surface area contributed by atoms with E-state index in [0.29, 0.717) is 30.5 Å². The Hall–Kier alpha value is -1.70. The van der Waals surface area contributed by atoms with Gasteiger partial charge in [0.15, 0.2) is 0 Å². The van der Waals surface area contributed by atoms with Crippen LogP contribution in [0.4, 0.5) is 0 Å². The molecule has 1 fully saturated rings. The average Bonchev–Trinajstić information content (AvgIpc) is 3.08. The first-order valence-corrected chi connectivity index (χ1v) is 25.0. The summed E-state index contributed by atoms with van der Waals surface area (Å²) in [5.74, 6) is 0. The van der Waals surface area contributed by atoms with E-state index in [1.807, 2.05) is 0 Å². The molecule has 0 aliphatic carbocycles. The molecule has 3 aromatic carbocycles. The summed E-state index contributed by atoms with van der Waals surface area (Å²) in [4.78, 5) is 0. The zero-order valence-electron chi connectivity index (χ0n) is 27.5. The zero-order chi connectivity index (χ0) is 30.9. The van der Waals surface area contributed by atoms with Gasteiger partial charge in [-0.05, 0) is 0 Å². The van der Waals surface area contributed by atoms with E-state index < -0.39 is 18.4 Å². The molecule has 4 rings (SSSR count). The molecule has 0 aromatic heterocycles. The Morgan fingerprint density at radius 2 is 1.07 bits per heavy atom. The van der Waals surface area contributed by atoms with Crippen molar-refractivity contribution in [2.75, 3.05) is 6.61 Å². The fourth-order valence-electron chi connectivity index (χ4n) is 6.69. The van der Waals surface area contributed by atoms with Gasteiger partial charge in [0.2, 0.25) is 0 Å². The van der Waals surface area contributed by atoms with Gasteiger partial charge in [0, 0.05) is 0 Å². The van der Waals surface area contributed by atoms with Gasteiger partial charge in [0.05, 0.1) is 0 Å². The average molecular weight is 708 g/mol. The first-order valence-electron chi connectivity index (χ1n) is 17.3. The van der Waals surface area contributed by atoms with Crippen LogP contribution in [0, 0.1) is 0 Å². The minimum absolute atomic E-state index is 0.0380. The van der Waals surface area contributed by atoms with Gasteiger partial charge < -0.3 is 0 Å². The van der Waals surface area contributed by atoms with E-state index in [9.17, 15) is 0 Å². The zero-order valence-corrected chi connectivity index (χ0v) is 30.4. The van der Waals surface area contributed by atoms with Crippen LogP contribution in [0.15, 0.2) is 91.0 Å². The van der Waals surface area contributed by atoms with Crippen LogP contribution in [0.2, 0.25) is 13.3 Å². The normalized spacial score (nSPS) is 20.5. The predicted octanol–water partition coefficient (Wildman–Crippen LogP) is 9.92. The molecule has 1 unspecified atom stereocenters. The number of unbranched alkanes of at least 4 members (excludes halogenated alkanes) is 3. The van der Waals surface area contributed by atoms with Crippen molar-refractivity contribution in [3.63, 3.8) is 0 Å². The molecule has 0 amide bonds. The molecule has 1 saturated heterocycles. The van der Waals surface area contributed by atoms with Crippen molar-refractivity contribution in [3.05, 3.63) is 108 Å². The van der Waals surface area contributed by atoms with Crippen molar-refractivity contribution < 1.29 is 18.9 Å². The van der Waals surface area contributed by atoms with Crippen LogP contribution in [-0.4, -0.2) is 47.4 Å². The maximum atomic E-state index is 7.33. The molecule has 0 N–H and O–H groups in total. The van der Waals surface area contributed by atoms with Gasteiger partial charge in [-0.1, -0.05) is 0 Å². The number of ether oxygens (including phenoxy) is 4. The summed E-state index contributed by atoms with van der Waals surface area (Å²) < 4.78 is 32.0. The molecule has 0 radical (unpaired) electrons. The van der Waals surface area contributed by atoms with Gasteiger partial charge >= 0.3 is 273 Å². The van der Waals surface area contributed by atoms with E-state index >= 15 is 0 Å². The topological polar surface area (TPSA) is 36.9 Å². The van der Waals surface area contributed by atoms with Gasteiger partial charge in [-0.3, -0.25) is 0 Å². The van der Waals surface area contributed by atoms with Crippen molar-refractivity contribution in [2.24, 2.45) is 0 Å². The first-order chi connectivity index (χ1) is 21.7. The fraction of sp³-hybridized carbons (Fsp3) is 0.538. The van der Waals surface area contributed by atoms with Crippen molar-refractivity contribution in [1.29, 1.82) is 0 Å². The molecule has 4 nitrogen and oxygen atoms in total. The second kappa shape index (κ2) is 19.7. The molecular weight excluding hydrogens is 651 g/mol. The maximum absolute atomic E-state index is 7.33. The second-order valence-electron chi connectivity index (χ2n) is 12.7. The SMILES string of the molecule is CCC[CH2][Sn]([CH2]CCC)([CH2]CCC)[C@H]1C[C@@H](OCc2ccccc2)[C@H](OCc2ccccc2)C(COCc2ccccc2)O1. The van der Waals surface area contributed by atoms with Crippen LogP contribution < -0.4 is 0 Å². The van der Waals surface area contributed by atoms with Crippen LogP contribution in [0.25, 0.3) is 0 Å². The van der Waals surface area contributed by atoms with E-state index in [4.69, 9.17) is 18.9 Å². The summed E-state index contributed by atoms with van der Waals surface area (Å²) in [7, 11) is 0. The molecule has 0 bridgehead atoms. The summed E-state index contributed by atoms with van der Waals surface area (Å²) in [5.41, 5.74) is 3.55. The van der Waals surface area contributed by atoms with E-state index in [-0.39, 0.29) is 18.3 Å². The molecule has 0 spiro atoms. The van der Waals surface area contributed by atoms with Crippen molar-refractivity contribution >= 4 is 18.4 Å². The van der Waals surface area contributed by atoms with Crippen LogP contribution in [-0.2, 0) is 38.8 Å². The van der Waals surface area contributed by atoms with Crippen molar-refractivity contribution in [3.8, 4) is 0 Å². The molecule has 1 aliphatic rings. The van der Waals surface area contributed by atoms with Crippen LogP contribution >= 0.6 is 0 Å². The molecule has 4 atom stereocenters. The van der Waals surface area contributed by atoms with E-state index in [1.165, 1.54) is 68.5 Å². The van der Waals surface area contributed by atoms with Gasteiger partial charge in [0.1, 0.15) is 0 Å². The molecule has 1 aliphatic heterocycles. The minimum atomic E-state index is -2.77. The molecule has 44 heavy (non-hydrogen) atoms. The summed E-state index contributed by atoms with van der Waals surface area (Å²) in [6.07, 6.45) is 8.27. The number of hydrogen-bond acceptors (Lipinski definition) is 4. The van der Waals surface area contributed by atoms with E-state index in [0.717, 1.165) is 6.42 Å². The van der Waals surface area contributed by atoms with E-state index in [2.05, 4.69) is 112 Å². The third-order valence-electron chi connectivity index (χ3n) is 9.27. The predicted molar refractivity (Wildman–Crippen MR) is 184 cm³/mol. The molecule has 240 valence electrons. The fourth-order valence-corrected chi connectivity index (χ4v) is 24.1. The summed E-state index contributed by atoms with van der Waals surface area (Å²) in [5, 5.41) is 0. The van der Waals surface area contributed by atoms with Crippen molar-refractivity contribution in [1.82, 2.24) is 0 Å². The molecule has 0 saturated carbocycles. The van der Waals surface area contributed by atoms with Gasteiger partial charge in [-0.25, -0.2) is 0 Å². The van der Waals surface area contributed by atoms with Crippen LogP contribution in [0.3, 0.4) is 0 Å². The number of benzene rings is 3. The first kappa shape index (κ1) is 35.2. The van der Waals surface area contributed by atoms with Crippen LogP contribution in [0.1, 0.15) is 82.4 Å². The van der Waals surface area contributed by atoms with Gasteiger partial charge in [-0.15, -0.1) is 0 Å². The third-order valence-corrected chi connectivity index (χ3v) is 25.8. The molecule has 3 aromatic rings. The van der Waals surface area contributed by atoms with Gasteiger partial charge in [-0.2, -0.15) is 0 Å². The summed E-state index contributed by atoms with van der Waals surface area (Å²) in [6.45, 7) is 9.24. The Bertz CT molecular complexity index is 1120.